The maximum atomic E-state index is 6.20. The summed E-state index contributed by atoms with van der Waals surface area (Å²) in [6.07, 6.45) is 5.23. The molecule has 2 aliphatic rings. The Morgan fingerprint density at radius 1 is 1.22 bits per heavy atom. The minimum Gasteiger partial charge on any atom is -0.324 e. The number of rotatable bonds is 3. The minimum atomic E-state index is 0.220. The van der Waals surface area contributed by atoms with E-state index in [1.165, 1.54) is 36.1 Å². The van der Waals surface area contributed by atoms with Crippen molar-refractivity contribution in [2.24, 2.45) is 5.73 Å². The van der Waals surface area contributed by atoms with Crippen molar-refractivity contribution < 1.29 is 0 Å². The number of hydrogen-bond donors (Lipinski definition) is 2. The van der Waals surface area contributed by atoms with E-state index in [0.717, 1.165) is 18.2 Å². The van der Waals surface area contributed by atoms with Crippen molar-refractivity contribution in [2.45, 2.75) is 43.0 Å². The predicted molar refractivity (Wildman–Crippen MR) is 78.8 cm³/mol. The fourth-order valence-electron chi connectivity index (χ4n) is 3.11. The quantitative estimate of drug-likeness (QED) is 0.879. The highest BCUT2D eigenvalue weighted by atomic mass is 32.2. The molecule has 1 aliphatic carbocycles. The summed E-state index contributed by atoms with van der Waals surface area (Å²) in [5.74, 6) is 1.34. The molecule has 1 aromatic carbocycles. The Kier molecular flexibility index (Phi) is 3.92. The molecule has 1 saturated heterocycles. The van der Waals surface area contributed by atoms with Crippen LogP contribution in [-0.4, -0.2) is 17.5 Å². The Bertz CT molecular complexity index is 401. The van der Waals surface area contributed by atoms with E-state index in [0.29, 0.717) is 6.04 Å². The molecule has 0 spiro atoms. The van der Waals surface area contributed by atoms with Gasteiger partial charge in [0.1, 0.15) is 0 Å². The zero-order chi connectivity index (χ0) is 12.4. The van der Waals surface area contributed by atoms with Gasteiger partial charge in [-0.05, 0) is 36.1 Å². The second kappa shape index (κ2) is 5.64. The van der Waals surface area contributed by atoms with Crippen molar-refractivity contribution in [3.63, 3.8) is 0 Å². The highest BCUT2D eigenvalue weighted by molar-refractivity contribution is 7.99. The van der Waals surface area contributed by atoms with Gasteiger partial charge in [0.25, 0.3) is 0 Å². The molecule has 0 bridgehead atoms. The fourth-order valence-corrected chi connectivity index (χ4v) is 4.36. The van der Waals surface area contributed by atoms with Crippen molar-refractivity contribution in [3.05, 3.63) is 35.4 Å². The molecule has 0 amide bonds. The van der Waals surface area contributed by atoms with Crippen molar-refractivity contribution >= 4 is 11.8 Å². The molecule has 3 rings (SSSR count). The first-order valence-corrected chi connectivity index (χ1v) is 8.09. The molecule has 0 radical (unpaired) electrons. The minimum absolute atomic E-state index is 0.220. The Labute approximate surface area is 114 Å². The summed E-state index contributed by atoms with van der Waals surface area (Å²) in [5, 5.41) is 4.55. The van der Waals surface area contributed by atoms with Crippen LogP contribution < -0.4 is 11.1 Å². The predicted octanol–water partition coefficient (Wildman–Crippen LogP) is 3.01. The average Bonchev–Trinajstić information content (AvgIpc) is 2.75. The van der Waals surface area contributed by atoms with Crippen LogP contribution in [-0.2, 0) is 0 Å². The summed E-state index contributed by atoms with van der Waals surface area (Å²) in [5.41, 5.74) is 8.96. The summed E-state index contributed by atoms with van der Waals surface area (Å²) < 4.78 is 0. The molecule has 3 heteroatoms. The standard InChI is InChI=1S/C15H22N2S/c16-14-9-15(13-7-2-1-6-12(13)14)17-10-11-5-3-4-8-18-11/h1-2,6-7,11,14-15,17H,3-5,8-10,16H2. The molecule has 98 valence electrons. The third kappa shape index (κ3) is 2.58. The number of benzene rings is 1. The van der Waals surface area contributed by atoms with E-state index in [1.807, 2.05) is 0 Å². The van der Waals surface area contributed by atoms with E-state index in [9.17, 15) is 0 Å². The normalized spacial score (nSPS) is 31.3. The molecular formula is C15H22N2S. The van der Waals surface area contributed by atoms with Crippen LogP contribution in [0.3, 0.4) is 0 Å². The fraction of sp³-hybridized carbons (Fsp3) is 0.600. The van der Waals surface area contributed by atoms with E-state index >= 15 is 0 Å². The highest BCUT2D eigenvalue weighted by Gasteiger charge is 2.28. The third-order valence-corrected chi connectivity index (χ3v) is 5.52. The number of nitrogens with one attached hydrogen (secondary N) is 1. The van der Waals surface area contributed by atoms with E-state index < -0.39 is 0 Å². The Balaban J connectivity index is 1.61. The van der Waals surface area contributed by atoms with Gasteiger partial charge in [0.15, 0.2) is 0 Å². The van der Waals surface area contributed by atoms with Crippen molar-refractivity contribution in [2.75, 3.05) is 12.3 Å². The van der Waals surface area contributed by atoms with Gasteiger partial charge in [-0.1, -0.05) is 30.7 Å². The Morgan fingerprint density at radius 3 is 2.83 bits per heavy atom. The molecule has 1 fully saturated rings. The second-order valence-electron chi connectivity index (χ2n) is 5.42. The Morgan fingerprint density at radius 2 is 2.06 bits per heavy atom. The maximum Gasteiger partial charge on any atom is 0.0342 e. The van der Waals surface area contributed by atoms with Gasteiger partial charge >= 0.3 is 0 Å². The molecule has 1 aliphatic heterocycles. The van der Waals surface area contributed by atoms with E-state index in [2.05, 4.69) is 41.3 Å². The molecule has 3 N–H and O–H groups in total. The van der Waals surface area contributed by atoms with Gasteiger partial charge in [-0.15, -0.1) is 0 Å². The van der Waals surface area contributed by atoms with Gasteiger partial charge in [-0.2, -0.15) is 11.8 Å². The first-order chi connectivity index (χ1) is 8.84. The zero-order valence-electron chi connectivity index (χ0n) is 10.8. The highest BCUT2D eigenvalue weighted by Crippen LogP contribution is 2.37. The van der Waals surface area contributed by atoms with Crippen molar-refractivity contribution in [3.8, 4) is 0 Å². The van der Waals surface area contributed by atoms with Crippen LogP contribution in [0.1, 0.15) is 48.9 Å². The van der Waals surface area contributed by atoms with Crippen LogP contribution >= 0.6 is 11.8 Å². The summed E-state index contributed by atoms with van der Waals surface area (Å²) in [7, 11) is 0. The van der Waals surface area contributed by atoms with Crippen LogP contribution in [0.4, 0.5) is 0 Å². The van der Waals surface area contributed by atoms with Crippen LogP contribution in [0.5, 0.6) is 0 Å². The lowest BCUT2D eigenvalue weighted by molar-refractivity contribution is 0.485. The zero-order valence-corrected chi connectivity index (χ0v) is 11.6. The smallest absolute Gasteiger partial charge is 0.0342 e. The molecule has 2 nitrogen and oxygen atoms in total. The SMILES string of the molecule is NC1CC(NCC2CCCCS2)c2ccccc21. The molecule has 1 heterocycles. The number of fused-ring (bicyclic) bond motifs is 1. The molecular weight excluding hydrogens is 240 g/mol. The van der Waals surface area contributed by atoms with Crippen LogP contribution in [0.15, 0.2) is 24.3 Å². The van der Waals surface area contributed by atoms with E-state index in [-0.39, 0.29) is 6.04 Å². The molecule has 0 saturated carbocycles. The van der Waals surface area contributed by atoms with Crippen molar-refractivity contribution in [1.82, 2.24) is 5.32 Å². The lowest BCUT2D eigenvalue weighted by Gasteiger charge is -2.24. The largest absolute Gasteiger partial charge is 0.324 e. The number of hydrogen-bond acceptors (Lipinski definition) is 3. The lowest BCUT2D eigenvalue weighted by Crippen LogP contribution is -2.29. The van der Waals surface area contributed by atoms with Crippen LogP contribution in [0.2, 0.25) is 0 Å². The Hall–Kier alpha value is -0.510. The van der Waals surface area contributed by atoms with Crippen LogP contribution in [0, 0.1) is 0 Å². The van der Waals surface area contributed by atoms with Crippen LogP contribution in [0.25, 0.3) is 0 Å². The first kappa shape index (κ1) is 12.5. The van der Waals surface area contributed by atoms with Gasteiger partial charge in [0.05, 0.1) is 0 Å². The average molecular weight is 262 g/mol. The molecule has 3 unspecified atom stereocenters. The summed E-state index contributed by atoms with van der Waals surface area (Å²) in [4.78, 5) is 0. The van der Waals surface area contributed by atoms with Gasteiger partial charge in [-0.3, -0.25) is 0 Å². The summed E-state index contributed by atoms with van der Waals surface area (Å²) >= 11 is 2.13. The summed E-state index contributed by atoms with van der Waals surface area (Å²) in [6.45, 7) is 1.14. The molecule has 0 aromatic heterocycles. The number of nitrogens with two attached hydrogens (primary N) is 1. The lowest BCUT2D eigenvalue weighted by atomic mass is 10.1. The van der Waals surface area contributed by atoms with E-state index in [1.54, 1.807) is 0 Å². The summed E-state index contributed by atoms with van der Waals surface area (Å²) in [6, 6.07) is 9.32. The third-order valence-electron chi connectivity index (χ3n) is 4.13. The maximum absolute atomic E-state index is 6.20. The van der Waals surface area contributed by atoms with Gasteiger partial charge in [0, 0.05) is 23.9 Å². The van der Waals surface area contributed by atoms with Gasteiger partial charge < -0.3 is 11.1 Å². The molecule has 3 atom stereocenters. The topological polar surface area (TPSA) is 38.0 Å². The second-order valence-corrected chi connectivity index (χ2v) is 6.83. The monoisotopic (exact) mass is 262 g/mol. The van der Waals surface area contributed by atoms with E-state index in [4.69, 9.17) is 5.73 Å². The molecule has 1 aromatic rings. The van der Waals surface area contributed by atoms with Crippen molar-refractivity contribution in [1.29, 1.82) is 0 Å². The number of thioether (sulfide) groups is 1. The first-order valence-electron chi connectivity index (χ1n) is 7.04. The molecule has 18 heavy (non-hydrogen) atoms. The van der Waals surface area contributed by atoms with Gasteiger partial charge in [0.2, 0.25) is 0 Å². The van der Waals surface area contributed by atoms with Gasteiger partial charge in [-0.25, -0.2) is 0 Å².